The largest absolute Gasteiger partial charge is 0.310 e. The Balaban J connectivity index is 2.12. The van der Waals surface area contributed by atoms with Gasteiger partial charge in [0.05, 0.1) is 0 Å². The standard InChI is InChI=1S/C19H24FN/c1-3-13-21-19(12-10-16-7-5-4-6-8-16)17-14-15(2)9-11-18(17)20/h4-9,11,14,19,21H,3,10,12-13H2,1-2H3. The Bertz CT molecular complexity index is 551. The van der Waals surface area contributed by atoms with Crippen molar-refractivity contribution in [3.8, 4) is 0 Å². The highest BCUT2D eigenvalue weighted by molar-refractivity contribution is 5.27. The quantitative estimate of drug-likeness (QED) is 0.770. The first kappa shape index (κ1) is 15.7. The van der Waals surface area contributed by atoms with Gasteiger partial charge in [-0.15, -0.1) is 0 Å². The van der Waals surface area contributed by atoms with Crippen molar-refractivity contribution < 1.29 is 4.39 Å². The third kappa shape index (κ3) is 4.68. The van der Waals surface area contributed by atoms with Crippen molar-refractivity contribution in [2.75, 3.05) is 6.54 Å². The number of nitrogens with one attached hydrogen (secondary N) is 1. The van der Waals surface area contributed by atoms with Crippen molar-refractivity contribution in [2.24, 2.45) is 0 Å². The van der Waals surface area contributed by atoms with Gasteiger partial charge >= 0.3 is 0 Å². The molecule has 0 bridgehead atoms. The van der Waals surface area contributed by atoms with E-state index in [0.717, 1.165) is 36.9 Å². The minimum Gasteiger partial charge on any atom is -0.310 e. The maximum Gasteiger partial charge on any atom is 0.127 e. The number of hydrogen-bond donors (Lipinski definition) is 1. The monoisotopic (exact) mass is 285 g/mol. The van der Waals surface area contributed by atoms with Crippen molar-refractivity contribution in [3.63, 3.8) is 0 Å². The molecule has 0 aliphatic heterocycles. The summed E-state index contributed by atoms with van der Waals surface area (Å²) >= 11 is 0. The van der Waals surface area contributed by atoms with Crippen LogP contribution in [-0.2, 0) is 6.42 Å². The molecule has 0 aliphatic rings. The second-order valence-electron chi connectivity index (χ2n) is 5.56. The zero-order chi connectivity index (χ0) is 15.1. The maximum absolute atomic E-state index is 14.1. The zero-order valence-corrected chi connectivity index (χ0v) is 12.9. The van der Waals surface area contributed by atoms with Crippen LogP contribution in [0.15, 0.2) is 48.5 Å². The van der Waals surface area contributed by atoms with E-state index in [9.17, 15) is 4.39 Å². The van der Waals surface area contributed by atoms with Crippen molar-refractivity contribution in [1.29, 1.82) is 0 Å². The number of benzene rings is 2. The van der Waals surface area contributed by atoms with Crippen LogP contribution < -0.4 is 5.32 Å². The number of hydrogen-bond acceptors (Lipinski definition) is 1. The first-order chi connectivity index (χ1) is 10.2. The molecule has 2 aromatic rings. The van der Waals surface area contributed by atoms with Gasteiger partial charge in [0, 0.05) is 11.6 Å². The van der Waals surface area contributed by atoms with Crippen molar-refractivity contribution in [3.05, 3.63) is 71.0 Å². The van der Waals surface area contributed by atoms with E-state index in [4.69, 9.17) is 0 Å². The summed E-state index contributed by atoms with van der Waals surface area (Å²) in [5.74, 6) is -0.109. The average molecular weight is 285 g/mol. The van der Waals surface area contributed by atoms with Gasteiger partial charge in [-0.1, -0.05) is 55.0 Å². The van der Waals surface area contributed by atoms with Crippen molar-refractivity contribution in [1.82, 2.24) is 5.32 Å². The van der Waals surface area contributed by atoms with E-state index < -0.39 is 0 Å². The molecule has 1 atom stereocenters. The molecule has 2 heteroatoms. The van der Waals surface area contributed by atoms with Gasteiger partial charge in [0.25, 0.3) is 0 Å². The molecule has 1 N–H and O–H groups in total. The molecule has 0 saturated heterocycles. The molecule has 0 saturated carbocycles. The summed E-state index contributed by atoms with van der Waals surface area (Å²) in [5, 5.41) is 3.48. The molecule has 2 rings (SSSR count). The minimum absolute atomic E-state index is 0.0741. The lowest BCUT2D eigenvalue weighted by Gasteiger charge is -2.20. The summed E-state index contributed by atoms with van der Waals surface area (Å²) < 4.78 is 14.1. The fraction of sp³-hybridized carbons (Fsp3) is 0.368. The molecule has 1 unspecified atom stereocenters. The Morgan fingerprint density at radius 1 is 1.10 bits per heavy atom. The first-order valence-electron chi connectivity index (χ1n) is 7.74. The molecule has 0 heterocycles. The van der Waals surface area contributed by atoms with Gasteiger partial charge in [-0.25, -0.2) is 4.39 Å². The average Bonchev–Trinajstić information content (AvgIpc) is 2.51. The smallest absolute Gasteiger partial charge is 0.127 e. The molecule has 0 radical (unpaired) electrons. The molecule has 0 spiro atoms. The van der Waals surface area contributed by atoms with Gasteiger partial charge in [0.1, 0.15) is 5.82 Å². The molecular formula is C19H24FN. The lowest BCUT2D eigenvalue weighted by Crippen LogP contribution is -2.23. The van der Waals surface area contributed by atoms with Crippen LogP contribution in [0.25, 0.3) is 0 Å². The van der Waals surface area contributed by atoms with Crippen LogP contribution in [0.1, 0.15) is 42.5 Å². The molecule has 21 heavy (non-hydrogen) atoms. The second kappa shape index (κ2) is 7.94. The number of aryl methyl sites for hydroxylation is 2. The van der Waals surface area contributed by atoms with Crippen LogP contribution in [0, 0.1) is 12.7 Å². The molecule has 0 fully saturated rings. The fourth-order valence-corrected chi connectivity index (χ4v) is 2.57. The highest BCUT2D eigenvalue weighted by atomic mass is 19.1. The summed E-state index contributed by atoms with van der Waals surface area (Å²) in [7, 11) is 0. The molecule has 1 nitrogen and oxygen atoms in total. The first-order valence-corrected chi connectivity index (χ1v) is 7.74. The van der Waals surface area contributed by atoms with Crippen LogP contribution in [0.4, 0.5) is 4.39 Å². The Labute approximate surface area is 127 Å². The SMILES string of the molecule is CCCNC(CCc1ccccc1)c1cc(C)ccc1F. The molecule has 2 aromatic carbocycles. The van der Waals surface area contributed by atoms with Crippen LogP contribution in [0.5, 0.6) is 0 Å². The summed E-state index contributed by atoms with van der Waals surface area (Å²) in [6.45, 7) is 5.05. The van der Waals surface area contributed by atoms with E-state index in [2.05, 4.69) is 36.5 Å². The Hall–Kier alpha value is -1.67. The van der Waals surface area contributed by atoms with E-state index in [0.29, 0.717) is 0 Å². The van der Waals surface area contributed by atoms with Crippen molar-refractivity contribution >= 4 is 0 Å². The summed E-state index contributed by atoms with van der Waals surface area (Å²) in [5.41, 5.74) is 3.20. The Morgan fingerprint density at radius 3 is 2.57 bits per heavy atom. The van der Waals surface area contributed by atoms with Gasteiger partial charge in [-0.3, -0.25) is 0 Å². The number of rotatable bonds is 7. The van der Waals surface area contributed by atoms with Gasteiger partial charge in [-0.05, 0) is 44.4 Å². The van der Waals surface area contributed by atoms with E-state index >= 15 is 0 Å². The van der Waals surface area contributed by atoms with Crippen LogP contribution >= 0.6 is 0 Å². The normalized spacial score (nSPS) is 12.3. The molecule has 0 amide bonds. The van der Waals surface area contributed by atoms with E-state index in [-0.39, 0.29) is 11.9 Å². The summed E-state index contributed by atoms with van der Waals surface area (Å²) in [6, 6.07) is 15.8. The Morgan fingerprint density at radius 2 is 1.86 bits per heavy atom. The van der Waals surface area contributed by atoms with Crippen LogP contribution in [0.2, 0.25) is 0 Å². The third-order valence-corrected chi connectivity index (χ3v) is 3.73. The number of halogens is 1. The van der Waals surface area contributed by atoms with Crippen LogP contribution in [-0.4, -0.2) is 6.54 Å². The summed E-state index contributed by atoms with van der Waals surface area (Å²) in [6.07, 6.45) is 2.91. The minimum atomic E-state index is -0.109. The van der Waals surface area contributed by atoms with Gasteiger partial charge < -0.3 is 5.32 Å². The molecule has 0 aromatic heterocycles. The predicted octanol–water partition coefficient (Wildman–Crippen LogP) is 4.81. The zero-order valence-electron chi connectivity index (χ0n) is 12.9. The highest BCUT2D eigenvalue weighted by Crippen LogP contribution is 2.23. The summed E-state index contributed by atoms with van der Waals surface area (Å²) in [4.78, 5) is 0. The lowest BCUT2D eigenvalue weighted by molar-refractivity contribution is 0.473. The second-order valence-corrected chi connectivity index (χ2v) is 5.56. The molecular weight excluding hydrogens is 261 g/mol. The Kier molecular flexibility index (Phi) is 5.94. The van der Waals surface area contributed by atoms with Crippen LogP contribution in [0.3, 0.4) is 0 Å². The van der Waals surface area contributed by atoms with Crippen molar-refractivity contribution in [2.45, 2.75) is 39.2 Å². The maximum atomic E-state index is 14.1. The van der Waals surface area contributed by atoms with Gasteiger partial charge in [0.15, 0.2) is 0 Å². The highest BCUT2D eigenvalue weighted by Gasteiger charge is 2.15. The van der Waals surface area contributed by atoms with E-state index in [1.165, 1.54) is 5.56 Å². The topological polar surface area (TPSA) is 12.0 Å². The van der Waals surface area contributed by atoms with E-state index in [1.807, 2.05) is 25.1 Å². The predicted molar refractivity (Wildman–Crippen MR) is 86.9 cm³/mol. The fourth-order valence-electron chi connectivity index (χ4n) is 2.57. The van der Waals surface area contributed by atoms with E-state index in [1.54, 1.807) is 6.07 Å². The lowest BCUT2D eigenvalue weighted by atomic mass is 9.97. The third-order valence-electron chi connectivity index (χ3n) is 3.73. The molecule has 0 aliphatic carbocycles. The van der Waals surface area contributed by atoms with Gasteiger partial charge in [-0.2, -0.15) is 0 Å². The van der Waals surface area contributed by atoms with Gasteiger partial charge in [0.2, 0.25) is 0 Å². The molecule has 112 valence electrons.